The Morgan fingerprint density at radius 3 is 2.39 bits per heavy atom. The summed E-state index contributed by atoms with van der Waals surface area (Å²) in [6.45, 7) is 5.19. The van der Waals surface area contributed by atoms with Crippen molar-refractivity contribution in [1.29, 1.82) is 0 Å². The van der Waals surface area contributed by atoms with Crippen LogP contribution in [0.2, 0.25) is 5.15 Å². The highest BCUT2D eigenvalue weighted by atomic mass is 35.5. The van der Waals surface area contributed by atoms with Gasteiger partial charge in [0.15, 0.2) is 16.7 Å². The van der Waals surface area contributed by atoms with E-state index in [9.17, 15) is 9.18 Å². The van der Waals surface area contributed by atoms with Crippen molar-refractivity contribution in [3.63, 3.8) is 0 Å². The third kappa shape index (κ3) is 2.81. The third-order valence-electron chi connectivity index (χ3n) is 2.17. The van der Waals surface area contributed by atoms with Gasteiger partial charge in [0, 0.05) is 5.56 Å². The summed E-state index contributed by atoms with van der Waals surface area (Å²) < 4.78 is 23.7. The number of methoxy groups -OCH3 is 1. The van der Waals surface area contributed by atoms with Crippen LogP contribution in [0.25, 0.3) is 0 Å². The molecular formula is C11H14ClFN2O3. The quantitative estimate of drug-likeness (QED) is 0.843. The van der Waals surface area contributed by atoms with Gasteiger partial charge in [-0.1, -0.05) is 32.4 Å². The van der Waals surface area contributed by atoms with Gasteiger partial charge in [-0.25, -0.2) is 9.18 Å². The lowest BCUT2D eigenvalue weighted by Crippen LogP contribution is -2.22. The van der Waals surface area contributed by atoms with Crippen LogP contribution < -0.4 is 15.2 Å². The Hall–Kier alpha value is -1.56. The highest BCUT2D eigenvalue weighted by Crippen LogP contribution is 2.40. The molecule has 0 unspecified atom stereocenters. The highest BCUT2D eigenvalue weighted by molar-refractivity contribution is 6.31. The highest BCUT2D eigenvalue weighted by Gasteiger charge is 2.30. The van der Waals surface area contributed by atoms with Crippen molar-refractivity contribution in [1.82, 2.24) is 4.98 Å². The molecule has 2 N–H and O–H groups in total. The second kappa shape index (κ2) is 4.97. The minimum Gasteiger partial charge on any atom is -0.479 e. The summed E-state index contributed by atoms with van der Waals surface area (Å²) in [7, 11) is 1.27. The van der Waals surface area contributed by atoms with Crippen LogP contribution in [-0.2, 0) is 5.41 Å². The Morgan fingerprint density at radius 2 is 2.00 bits per heavy atom. The first kappa shape index (κ1) is 14.5. The number of carbonyl (C=O) groups excluding carboxylic acids is 1. The molecule has 0 saturated carbocycles. The number of halogens is 2. The number of hydrogen-bond donors (Lipinski definition) is 1. The van der Waals surface area contributed by atoms with Crippen LogP contribution in [0.1, 0.15) is 26.3 Å². The van der Waals surface area contributed by atoms with Gasteiger partial charge in [0.05, 0.1) is 7.11 Å². The van der Waals surface area contributed by atoms with Crippen molar-refractivity contribution in [3.8, 4) is 11.6 Å². The van der Waals surface area contributed by atoms with Gasteiger partial charge in [0.1, 0.15) is 0 Å². The predicted molar refractivity (Wildman–Crippen MR) is 64.7 cm³/mol. The molecule has 0 spiro atoms. The van der Waals surface area contributed by atoms with Crippen molar-refractivity contribution < 1.29 is 18.7 Å². The number of nitrogens with two attached hydrogens (primary N) is 1. The van der Waals surface area contributed by atoms with E-state index in [0.717, 1.165) is 0 Å². The largest absolute Gasteiger partial charge is 0.479 e. The van der Waals surface area contributed by atoms with Crippen molar-refractivity contribution in [3.05, 3.63) is 16.5 Å². The fourth-order valence-electron chi connectivity index (χ4n) is 1.50. The van der Waals surface area contributed by atoms with Gasteiger partial charge in [-0.3, -0.25) is 0 Å². The number of pyridine rings is 1. The van der Waals surface area contributed by atoms with E-state index in [2.05, 4.69) is 4.98 Å². The lowest BCUT2D eigenvalue weighted by Gasteiger charge is -2.23. The van der Waals surface area contributed by atoms with Crippen LogP contribution in [0.15, 0.2) is 0 Å². The van der Waals surface area contributed by atoms with Crippen LogP contribution in [0.4, 0.5) is 9.18 Å². The Kier molecular flexibility index (Phi) is 4.01. The zero-order valence-corrected chi connectivity index (χ0v) is 11.3. The summed E-state index contributed by atoms with van der Waals surface area (Å²) in [5.41, 5.74) is 4.33. The van der Waals surface area contributed by atoms with Crippen LogP contribution >= 0.6 is 11.6 Å². The molecule has 7 heteroatoms. The summed E-state index contributed by atoms with van der Waals surface area (Å²) in [6.07, 6.45) is -1.09. The number of ether oxygens (including phenoxy) is 2. The van der Waals surface area contributed by atoms with Crippen molar-refractivity contribution in [2.45, 2.75) is 26.2 Å². The molecule has 0 atom stereocenters. The van der Waals surface area contributed by atoms with E-state index in [1.165, 1.54) is 7.11 Å². The molecule has 18 heavy (non-hydrogen) atoms. The lowest BCUT2D eigenvalue weighted by molar-refractivity contribution is 0.209. The summed E-state index contributed by atoms with van der Waals surface area (Å²) >= 11 is 5.84. The molecule has 0 fully saturated rings. The number of rotatable bonds is 2. The second-order valence-corrected chi connectivity index (χ2v) is 4.96. The average molecular weight is 277 g/mol. The van der Waals surface area contributed by atoms with E-state index >= 15 is 0 Å². The first-order valence-corrected chi connectivity index (χ1v) is 5.47. The molecule has 1 amide bonds. The number of aromatic nitrogens is 1. The number of amides is 1. The number of primary amides is 1. The summed E-state index contributed by atoms with van der Waals surface area (Å²) in [4.78, 5) is 14.5. The standard InChI is InChI=1S/C11H14ClFN2O3/c1-11(2,3)5-6(13)9(17-4)15-8(12)7(5)18-10(14)16/h1-4H3,(H2,14,16). The van der Waals surface area contributed by atoms with Gasteiger partial charge in [-0.05, 0) is 5.41 Å². The maximum Gasteiger partial charge on any atom is 0.410 e. The minimum absolute atomic E-state index is 0.0816. The van der Waals surface area contributed by atoms with Crippen molar-refractivity contribution in [2.75, 3.05) is 7.11 Å². The predicted octanol–water partition coefficient (Wildman–Crippen LogP) is 2.64. The van der Waals surface area contributed by atoms with E-state index in [1.54, 1.807) is 20.8 Å². The molecule has 1 aromatic rings. The van der Waals surface area contributed by atoms with Crippen LogP contribution in [0, 0.1) is 5.82 Å². The molecule has 0 aliphatic carbocycles. The summed E-state index contributed by atoms with van der Waals surface area (Å²) in [5, 5.41) is -0.183. The number of carbonyl (C=O) groups is 1. The van der Waals surface area contributed by atoms with Crippen LogP contribution in [-0.4, -0.2) is 18.2 Å². The molecule has 5 nitrogen and oxygen atoms in total. The topological polar surface area (TPSA) is 74.4 Å². The summed E-state index contributed by atoms with van der Waals surface area (Å²) in [5.74, 6) is -1.18. The van der Waals surface area contributed by atoms with Crippen LogP contribution in [0.5, 0.6) is 11.6 Å². The van der Waals surface area contributed by atoms with Gasteiger partial charge in [0.2, 0.25) is 0 Å². The monoisotopic (exact) mass is 276 g/mol. The first-order chi connectivity index (χ1) is 8.18. The minimum atomic E-state index is -1.09. The first-order valence-electron chi connectivity index (χ1n) is 5.09. The molecular weight excluding hydrogens is 263 g/mol. The van der Waals surface area contributed by atoms with Gasteiger partial charge in [-0.15, -0.1) is 0 Å². The normalized spacial score (nSPS) is 11.2. The number of nitrogens with zero attached hydrogens (tertiary/aromatic N) is 1. The molecule has 0 aliphatic rings. The fourth-order valence-corrected chi connectivity index (χ4v) is 1.71. The molecule has 1 rings (SSSR count). The fraction of sp³-hybridized carbons (Fsp3) is 0.455. The molecule has 0 aromatic carbocycles. The second-order valence-electron chi connectivity index (χ2n) is 4.60. The Bertz CT molecular complexity index is 486. The Morgan fingerprint density at radius 1 is 1.44 bits per heavy atom. The average Bonchev–Trinajstić information content (AvgIpc) is 2.20. The van der Waals surface area contributed by atoms with Gasteiger partial charge >= 0.3 is 6.09 Å². The molecule has 0 aliphatic heterocycles. The SMILES string of the molecule is COc1nc(Cl)c(OC(N)=O)c(C(C)(C)C)c1F. The van der Waals surface area contributed by atoms with Gasteiger partial charge in [-0.2, -0.15) is 4.98 Å². The Labute approximate surface area is 109 Å². The Balaban J connectivity index is 3.58. The van der Waals surface area contributed by atoms with E-state index in [0.29, 0.717) is 0 Å². The van der Waals surface area contributed by atoms with Crippen molar-refractivity contribution >= 4 is 17.7 Å². The third-order valence-corrected chi connectivity index (χ3v) is 2.42. The molecule has 0 saturated heterocycles. The summed E-state index contributed by atoms with van der Waals surface area (Å²) in [6, 6.07) is 0. The maximum absolute atomic E-state index is 14.2. The lowest BCUT2D eigenvalue weighted by atomic mass is 9.86. The number of hydrogen-bond acceptors (Lipinski definition) is 4. The molecule has 1 aromatic heterocycles. The smallest absolute Gasteiger partial charge is 0.410 e. The molecule has 0 bridgehead atoms. The molecule has 0 radical (unpaired) electrons. The zero-order valence-electron chi connectivity index (χ0n) is 10.5. The van der Waals surface area contributed by atoms with Gasteiger partial charge < -0.3 is 15.2 Å². The van der Waals surface area contributed by atoms with E-state index in [-0.39, 0.29) is 22.3 Å². The molecule has 100 valence electrons. The van der Waals surface area contributed by atoms with Crippen molar-refractivity contribution in [2.24, 2.45) is 5.73 Å². The van der Waals surface area contributed by atoms with Crippen LogP contribution in [0.3, 0.4) is 0 Å². The van der Waals surface area contributed by atoms with Gasteiger partial charge in [0.25, 0.3) is 5.88 Å². The van der Waals surface area contributed by atoms with E-state index in [1.807, 2.05) is 0 Å². The molecule has 1 heterocycles. The maximum atomic E-state index is 14.2. The van der Waals surface area contributed by atoms with E-state index in [4.69, 9.17) is 26.8 Å². The zero-order chi connectivity index (χ0) is 14.1. The van der Waals surface area contributed by atoms with E-state index < -0.39 is 17.3 Å².